The highest BCUT2D eigenvalue weighted by atomic mass is 35.5. The van der Waals surface area contributed by atoms with Gasteiger partial charge in [0.15, 0.2) is 0 Å². The molecule has 2 heterocycles. The van der Waals surface area contributed by atoms with Gasteiger partial charge in [0.2, 0.25) is 0 Å². The molecule has 7 rings (SSSR count). The van der Waals surface area contributed by atoms with E-state index in [1.807, 2.05) is 78.9 Å². The number of benzene rings is 3. The van der Waals surface area contributed by atoms with E-state index in [9.17, 15) is 13.9 Å². The number of aliphatic hydroxyl groups excluding tert-OH is 1. The Bertz CT molecular complexity index is 1460. The van der Waals surface area contributed by atoms with Crippen LogP contribution in [0.15, 0.2) is 85.1 Å². The first kappa shape index (κ1) is 32.4. The molecule has 1 N–H and O–H groups in total. The molecule has 10 heteroatoms. The van der Waals surface area contributed by atoms with Gasteiger partial charge in [-0.2, -0.15) is 0 Å². The highest BCUT2D eigenvalue weighted by molar-refractivity contribution is 5.86. The van der Waals surface area contributed by atoms with Crippen molar-refractivity contribution in [2.24, 2.45) is 0 Å². The van der Waals surface area contributed by atoms with E-state index in [0.29, 0.717) is 6.54 Å². The molecule has 1 saturated heterocycles. The first-order valence-electron chi connectivity index (χ1n) is 13.7. The lowest BCUT2D eigenvalue weighted by Gasteiger charge is -2.41. The van der Waals surface area contributed by atoms with Crippen LogP contribution < -0.4 is 4.74 Å². The van der Waals surface area contributed by atoms with E-state index in [4.69, 9.17) is 4.74 Å². The van der Waals surface area contributed by atoms with Crippen LogP contribution in [0.25, 0.3) is 10.9 Å². The van der Waals surface area contributed by atoms with Gasteiger partial charge in [-0.3, -0.25) is 14.8 Å². The van der Waals surface area contributed by atoms with E-state index in [-0.39, 0.29) is 49.9 Å². The normalized spacial score (nSPS) is 21.7. The number of ether oxygens (including phenoxy) is 1. The summed E-state index contributed by atoms with van der Waals surface area (Å²) in [5.41, 5.74) is 4.44. The molecule has 2 fully saturated rings. The molecular formula is C32H34Cl3F2N3O2. The van der Waals surface area contributed by atoms with Crippen molar-refractivity contribution in [3.63, 3.8) is 0 Å². The number of hydrogen-bond donors (Lipinski definition) is 1. The van der Waals surface area contributed by atoms with Gasteiger partial charge in [-0.1, -0.05) is 54.6 Å². The topological polar surface area (TPSA) is 48.8 Å². The first-order chi connectivity index (χ1) is 19.0. The molecule has 224 valence electrons. The van der Waals surface area contributed by atoms with E-state index in [0.717, 1.165) is 65.1 Å². The molecule has 0 bridgehead atoms. The maximum atomic E-state index is 15.0. The Morgan fingerprint density at radius 2 is 1.38 bits per heavy atom. The summed E-state index contributed by atoms with van der Waals surface area (Å²) in [7, 11) is 0. The summed E-state index contributed by atoms with van der Waals surface area (Å²) in [6, 6.07) is 25.1. The molecule has 42 heavy (non-hydrogen) atoms. The van der Waals surface area contributed by atoms with Gasteiger partial charge in [0.25, 0.3) is 5.92 Å². The number of halogens is 5. The molecule has 2 aliphatic carbocycles. The monoisotopic (exact) mass is 635 g/mol. The number of alkyl halides is 2. The van der Waals surface area contributed by atoms with Crippen LogP contribution in [0.4, 0.5) is 8.78 Å². The van der Waals surface area contributed by atoms with Gasteiger partial charge in [0, 0.05) is 44.3 Å². The summed E-state index contributed by atoms with van der Waals surface area (Å²) < 4.78 is 35.9. The third kappa shape index (κ3) is 5.71. The maximum Gasteiger partial charge on any atom is 0.263 e. The summed E-state index contributed by atoms with van der Waals surface area (Å²) in [5, 5.41) is 11.7. The van der Waals surface area contributed by atoms with Crippen molar-refractivity contribution < 1.29 is 18.6 Å². The zero-order chi connectivity index (χ0) is 26.6. The zero-order valence-corrected chi connectivity index (χ0v) is 25.3. The first-order valence-corrected chi connectivity index (χ1v) is 13.7. The van der Waals surface area contributed by atoms with Crippen molar-refractivity contribution >= 4 is 48.1 Å². The van der Waals surface area contributed by atoms with Gasteiger partial charge < -0.3 is 9.84 Å². The largest absolute Gasteiger partial charge is 0.490 e. The molecule has 3 aliphatic rings. The van der Waals surface area contributed by atoms with Crippen molar-refractivity contribution in [3.05, 3.63) is 107 Å². The minimum Gasteiger partial charge on any atom is -0.490 e. The van der Waals surface area contributed by atoms with Gasteiger partial charge in [-0.25, -0.2) is 8.78 Å². The Balaban J connectivity index is 0.00000135. The van der Waals surface area contributed by atoms with Crippen molar-refractivity contribution in [1.29, 1.82) is 0 Å². The van der Waals surface area contributed by atoms with Crippen LogP contribution in [-0.4, -0.2) is 71.2 Å². The molecule has 4 aromatic rings. The Hall–Kier alpha value is -2.52. The van der Waals surface area contributed by atoms with Crippen molar-refractivity contribution in [2.45, 2.75) is 29.9 Å². The molecule has 3 atom stereocenters. The highest BCUT2D eigenvalue weighted by Gasteiger charge is 2.71. The molecule has 0 radical (unpaired) electrons. The van der Waals surface area contributed by atoms with Crippen molar-refractivity contribution in [1.82, 2.24) is 14.8 Å². The Kier molecular flexibility index (Phi) is 10.0. The van der Waals surface area contributed by atoms with Crippen LogP contribution in [0.1, 0.15) is 40.1 Å². The number of fused-ring (bicyclic) bond motifs is 6. The molecule has 1 aromatic heterocycles. The number of aliphatic hydroxyl groups is 1. The van der Waals surface area contributed by atoms with Crippen molar-refractivity contribution in [3.8, 4) is 5.75 Å². The fourth-order valence-electron chi connectivity index (χ4n) is 6.69. The number of piperazine rings is 1. The Morgan fingerprint density at radius 3 is 2.00 bits per heavy atom. The van der Waals surface area contributed by atoms with Crippen LogP contribution in [0.3, 0.4) is 0 Å². The standard InChI is InChI=1S/C32H31F2N3O2.3ClH/c33-32(34)29-22-7-1-3-9-24(22)31(25-10-4-2-8-23(25)30(29)32)37-17-15-36(16-18-37)19-21(38)20-39-28-13-5-12-27-26(28)11-6-14-35-27;;;/h1-14,21,29-31,38H,15-20H2;3*1H/t21?,29-,30-;;;/m1.../s1. The number of hydrogen-bond acceptors (Lipinski definition) is 5. The average molecular weight is 637 g/mol. The van der Waals surface area contributed by atoms with E-state index in [1.54, 1.807) is 6.20 Å². The van der Waals surface area contributed by atoms with Gasteiger partial charge in [0.1, 0.15) is 18.5 Å². The van der Waals surface area contributed by atoms with Gasteiger partial charge in [-0.15, -0.1) is 37.2 Å². The van der Waals surface area contributed by atoms with Gasteiger partial charge in [-0.05, 0) is 46.5 Å². The summed E-state index contributed by atoms with van der Waals surface area (Å²) in [5.74, 6) is -3.46. The summed E-state index contributed by atoms with van der Waals surface area (Å²) in [6.45, 7) is 3.89. The minimum atomic E-state index is -2.70. The third-order valence-electron chi connectivity index (χ3n) is 8.58. The lowest BCUT2D eigenvalue weighted by Crippen LogP contribution is -2.50. The van der Waals surface area contributed by atoms with Gasteiger partial charge in [0.05, 0.1) is 23.4 Å². The second-order valence-electron chi connectivity index (χ2n) is 10.9. The Morgan fingerprint density at radius 1 is 0.786 bits per heavy atom. The van der Waals surface area contributed by atoms with E-state index < -0.39 is 23.9 Å². The van der Waals surface area contributed by atoms with Gasteiger partial charge >= 0.3 is 0 Å². The van der Waals surface area contributed by atoms with Crippen LogP contribution in [0.5, 0.6) is 5.75 Å². The van der Waals surface area contributed by atoms with Crippen LogP contribution in [0, 0.1) is 0 Å². The molecular weight excluding hydrogens is 603 g/mol. The molecule has 0 spiro atoms. The second-order valence-corrected chi connectivity index (χ2v) is 10.9. The van der Waals surface area contributed by atoms with E-state index in [2.05, 4.69) is 14.8 Å². The van der Waals surface area contributed by atoms with E-state index in [1.165, 1.54) is 0 Å². The highest BCUT2D eigenvalue weighted by Crippen LogP contribution is 2.70. The van der Waals surface area contributed by atoms with Crippen LogP contribution in [-0.2, 0) is 0 Å². The van der Waals surface area contributed by atoms with Crippen LogP contribution >= 0.6 is 37.2 Å². The average Bonchev–Trinajstić information content (AvgIpc) is 3.58. The quantitative estimate of drug-likeness (QED) is 0.263. The number of aromatic nitrogens is 1. The number of rotatable bonds is 6. The fraction of sp³-hybridized carbons (Fsp3) is 0.344. The predicted octanol–water partition coefficient (Wildman–Crippen LogP) is 6.48. The second kappa shape index (κ2) is 13.0. The maximum absolute atomic E-state index is 15.0. The predicted molar refractivity (Wildman–Crippen MR) is 168 cm³/mol. The van der Waals surface area contributed by atoms with Crippen molar-refractivity contribution in [2.75, 3.05) is 39.3 Å². The smallest absolute Gasteiger partial charge is 0.263 e. The number of nitrogens with zero attached hydrogens (tertiary/aromatic N) is 3. The molecule has 1 saturated carbocycles. The molecule has 0 amide bonds. The fourth-order valence-corrected chi connectivity index (χ4v) is 6.69. The Labute approximate surface area is 263 Å². The lowest BCUT2D eigenvalue weighted by molar-refractivity contribution is 0.0400. The summed E-state index contributed by atoms with van der Waals surface area (Å²) in [6.07, 6.45) is 1.13. The number of β-amino-alcohol motifs (C(OH)–C–C–N with tert-alkyl or cyclic N) is 1. The molecule has 5 nitrogen and oxygen atoms in total. The summed E-state index contributed by atoms with van der Waals surface area (Å²) in [4.78, 5) is 9.04. The molecule has 3 aromatic carbocycles. The lowest BCUT2D eigenvalue weighted by atomic mass is 9.90. The summed E-state index contributed by atoms with van der Waals surface area (Å²) >= 11 is 0. The zero-order valence-electron chi connectivity index (χ0n) is 22.8. The van der Waals surface area contributed by atoms with Crippen LogP contribution in [0.2, 0.25) is 0 Å². The molecule has 1 aliphatic heterocycles. The van der Waals surface area contributed by atoms with E-state index >= 15 is 0 Å². The number of pyridine rings is 1. The molecule has 1 unspecified atom stereocenters. The third-order valence-corrected chi connectivity index (χ3v) is 8.58. The minimum absolute atomic E-state index is 0. The SMILES string of the molecule is Cl.Cl.Cl.OC(COc1cccc2ncccc12)CN1CCN(C2c3ccccc3[C@@H]3[C@@H](c4ccccc42)C3(F)F)CC1.